The molecule has 0 aliphatic carbocycles. The highest BCUT2D eigenvalue weighted by molar-refractivity contribution is 7.99. The number of benzene rings is 1. The molecule has 3 nitrogen and oxygen atoms in total. The van der Waals surface area contributed by atoms with Crippen LogP contribution in [0.1, 0.15) is 25.8 Å². The minimum Gasteiger partial charge on any atom is -0.370 e. The maximum absolute atomic E-state index is 9.46. The van der Waals surface area contributed by atoms with Gasteiger partial charge in [-0.2, -0.15) is 5.26 Å². The Balaban J connectivity index is 2.29. The topological polar surface area (TPSA) is 53.0 Å². The van der Waals surface area contributed by atoms with Crippen molar-refractivity contribution in [2.75, 3.05) is 23.7 Å². The summed E-state index contributed by atoms with van der Waals surface area (Å²) in [6.07, 6.45) is 0.997. The van der Waals surface area contributed by atoms with Gasteiger partial charge in [0, 0.05) is 24.0 Å². The van der Waals surface area contributed by atoms with Crippen molar-refractivity contribution in [3.05, 3.63) is 23.8 Å². The SMILES string of the molecule is CCSc1cccc(N2CCC(N)C(C)C2)c1C#N. The van der Waals surface area contributed by atoms with E-state index >= 15 is 0 Å². The summed E-state index contributed by atoms with van der Waals surface area (Å²) in [6, 6.07) is 8.81. The van der Waals surface area contributed by atoms with E-state index in [1.165, 1.54) is 0 Å². The molecular weight excluding hydrogens is 254 g/mol. The van der Waals surface area contributed by atoms with Gasteiger partial charge in [0.25, 0.3) is 0 Å². The van der Waals surface area contributed by atoms with Crippen molar-refractivity contribution >= 4 is 17.4 Å². The number of thioether (sulfide) groups is 1. The summed E-state index contributed by atoms with van der Waals surface area (Å²) >= 11 is 1.73. The van der Waals surface area contributed by atoms with Crippen molar-refractivity contribution in [3.63, 3.8) is 0 Å². The number of piperidine rings is 1. The van der Waals surface area contributed by atoms with E-state index in [4.69, 9.17) is 5.73 Å². The first-order valence-corrected chi connectivity index (χ1v) is 7.82. The third-order valence-electron chi connectivity index (χ3n) is 3.73. The molecule has 2 N–H and O–H groups in total. The number of nitrogens with two attached hydrogens (primary N) is 1. The van der Waals surface area contributed by atoms with E-state index < -0.39 is 0 Å². The molecule has 102 valence electrons. The van der Waals surface area contributed by atoms with E-state index in [1.54, 1.807) is 11.8 Å². The van der Waals surface area contributed by atoms with Crippen LogP contribution in [-0.4, -0.2) is 24.9 Å². The number of anilines is 1. The molecule has 4 heteroatoms. The Kier molecular flexibility index (Phi) is 4.73. The summed E-state index contributed by atoms with van der Waals surface area (Å²) < 4.78 is 0. The highest BCUT2D eigenvalue weighted by Gasteiger charge is 2.25. The summed E-state index contributed by atoms with van der Waals surface area (Å²) in [7, 11) is 0. The van der Waals surface area contributed by atoms with Crippen molar-refractivity contribution < 1.29 is 0 Å². The second kappa shape index (κ2) is 6.31. The molecule has 1 heterocycles. The largest absolute Gasteiger partial charge is 0.370 e. The van der Waals surface area contributed by atoms with E-state index in [1.807, 2.05) is 12.1 Å². The lowest BCUT2D eigenvalue weighted by Crippen LogP contribution is -2.46. The van der Waals surface area contributed by atoms with Crippen LogP contribution >= 0.6 is 11.8 Å². The van der Waals surface area contributed by atoms with Crippen LogP contribution in [0.2, 0.25) is 0 Å². The number of hydrogen-bond donors (Lipinski definition) is 1. The molecule has 2 unspecified atom stereocenters. The Morgan fingerprint density at radius 2 is 2.32 bits per heavy atom. The molecule has 0 amide bonds. The predicted molar refractivity (Wildman–Crippen MR) is 81.5 cm³/mol. The van der Waals surface area contributed by atoms with E-state index in [0.29, 0.717) is 5.92 Å². The van der Waals surface area contributed by atoms with Gasteiger partial charge in [0.1, 0.15) is 6.07 Å². The third kappa shape index (κ3) is 3.05. The van der Waals surface area contributed by atoms with Gasteiger partial charge in [-0.25, -0.2) is 0 Å². The molecule has 19 heavy (non-hydrogen) atoms. The first-order chi connectivity index (χ1) is 9.17. The van der Waals surface area contributed by atoms with Gasteiger partial charge >= 0.3 is 0 Å². The molecule has 0 spiro atoms. The first kappa shape index (κ1) is 14.2. The van der Waals surface area contributed by atoms with Crippen molar-refractivity contribution in [2.45, 2.75) is 31.2 Å². The number of nitrogens with zero attached hydrogens (tertiary/aromatic N) is 2. The van der Waals surface area contributed by atoms with Crippen molar-refractivity contribution in [3.8, 4) is 6.07 Å². The number of nitriles is 1. The summed E-state index contributed by atoms with van der Waals surface area (Å²) in [6.45, 7) is 6.19. The monoisotopic (exact) mass is 275 g/mol. The fraction of sp³-hybridized carbons (Fsp3) is 0.533. The zero-order valence-corrected chi connectivity index (χ0v) is 12.4. The number of hydrogen-bond acceptors (Lipinski definition) is 4. The second-order valence-electron chi connectivity index (χ2n) is 5.07. The Bertz CT molecular complexity index is 481. The molecule has 2 atom stereocenters. The fourth-order valence-electron chi connectivity index (χ4n) is 2.55. The maximum atomic E-state index is 9.46. The number of rotatable bonds is 3. The van der Waals surface area contributed by atoms with Crippen molar-refractivity contribution in [1.29, 1.82) is 5.26 Å². The van der Waals surface area contributed by atoms with Gasteiger partial charge in [-0.05, 0) is 30.2 Å². The Labute approximate surface area is 119 Å². The Morgan fingerprint density at radius 3 is 2.95 bits per heavy atom. The minimum absolute atomic E-state index is 0.287. The van der Waals surface area contributed by atoms with Crippen LogP contribution in [0.5, 0.6) is 0 Å². The van der Waals surface area contributed by atoms with Crippen molar-refractivity contribution in [2.24, 2.45) is 11.7 Å². The van der Waals surface area contributed by atoms with Crippen LogP contribution in [0.3, 0.4) is 0 Å². The predicted octanol–water partition coefficient (Wildman–Crippen LogP) is 2.84. The molecule has 1 saturated heterocycles. The molecule has 1 aliphatic heterocycles. The first-order valence-electron chi connectivity index (χ1n) is 6.83. The lowest BCUT2D eigenvalue weighted by molar-refractivity contribution is 0.382. The third-order valence-corrected chi connectivity index (χ3v) is 4.67. The minimum atomic E-state index is 0.287. The lowest BCUT2D eigenvalue weighted by Gasteiger charge is -2.37. The Morgan fingerprint density at radius 1 is 1.53 bits per heavy atom. The standard InChI is InChI=1S/C15H21N3S/c1-3-19-15-6-4-5-14(12(15)9-16)18-8-7-13(17)11(2)10-18/h4-6,11,13H,3,7-8,10,17H2,1-2H3. The van der Waals surface area contributed by atoms with E-state index in [2.05, 4.69) is 30.9 Å². The molecule has 1 fully saturated rings. The van der Waals surface area contributed by atoms with Crippen LogP contribution in [0.25, 0.3) is 0 Å². The molecule has 1 aromatic rings. The zero-order chi connectivity index (χ0) is 13.8. The van der Waals surface area contributed by atoms with Gasteiger partial charge in [-0.1, -0.05) is 19.9 Å². The van der Waals surface area contributed by atoms with Gasteiger partial charge in [0.15, 0.2) is 0 Å². The molecule has 2 rings (SSSR count). The summed E-state index contributed by atoms with van der Waals surface area (Å²) in [5.41, 5.74) is 7.96. The van der Waals surface area contributed by atoms with E-state index in [-0.39, 0.29) is 6.04 Å². The molecular formula is C15H21N3S. The van der Waals surface area contributed by atoms with Crippen LogP contribution in [-0.2, 0) is 0 Å². The quantitative estimate of drug-likeness (QED) is 0.862. The molecule has 0 saturated carbocycles. The summed E-state index contributed by atoms with van der Waals surface area (Å²) in [4.78, 5) is 3.40. The summed E-state index contributed by atoms with van der Waals surface area (Å²) in [5.74, 6) is 1.46. The molecule has 1 aliphatic rings. The normalized spacial score (nSPS) is 23.2. The lowest BCUT2D eigenvalue weighted by atomic mass is 9.94. The average Bonchev–Trinajstić information content (AvgIpc) is 2.42. The van der Waals surface area contributed by atoms with Gasteiger partial charge in [0.05, 0.1) is 11.3 Å². The molecule has 0 bridgehead atoms. The zero-order valence-electron chi connectivity index (χ0n) is 11.6. The second-order valence-corrected chi connectivity index (χ2v) is 6.38. The average molecular weight is 275 g/mol. The highest BCUT2D eigenvalue weighted by atomic mass is 32.2. The van der Waals surface area contributed by atoms with Crippen LogP contribution in [0, 0.1) is 17.2 Å². The fourth-order valence-corrected chi connectivity index (χ4v) is 3.33. The van der Waals surface area contributed by atoms with Crippen LogP contribution in [0.15, 0.2) is 23.1 Å². The molecule has 1 aromatic carbocycles. The maximum Gasteiger partial charge on any atom is 0.103 e. The van der Waals surface area contributed by atoms with Crippen molar-refractivity contribution in [1.82, 2.24) is 0 Å². The van der Waals surface area contributed by atoms with Gasteiger partial charge in [-0.15, -0.1) is 11.8 Å². The van der Waals surface area contributed by atoms with Gasteiger partial charge < -0.3 is 10.6 Å². The van der Waals surface area contributed by atoms with E-state index in [0.717, 1.165) is 41.4 Å². The highest BCUT2D eigenvalue weighted by Crippen LogP contribution is 2.32. The molecule has 0 radical (unpaired) electrons. The van der Waals surface area contributed by atoms with Gasteiger partial charge in [-0.3, -0.25) is 0 Å². The van der Waals surface area contributed by atoms with Crippen LogP contribution in [0.4, 0.5) is 5.69 Å². The van der Waals surface area contributed by atoms with Crippen LogP contribution < -0.4 is 10.6 Å². The van der Waals surface area contributed by atoms with Gasteiger partial charge in [0.2, 0.25) is 0 Å². The van der Waals surface area contributed by atoms with E-state index in [9.17, 15) is 5.26 Å². The Hall–Kier alpha value is -1.18. The molecule has 0 aromatic heterocycles. The summed E-state index contributed by atoms with van der Waals surface area (Å²) in [5, 5.41) is 9.46. The smallest absolute Gasteiger partial charge is 0.103 e.